The summed E-state index contributed by atoms with van der Waals surface area (Å²) in [5.41, 5.74) is -0.464. The predicted molar refractivity (Wildman–Crippen MR) is 110 cm³/mol. The normalized spacial score (nSPS) is 13.6. The molecule has 0 nitrogen and oxygen atoms in total. The standard InChI is InChI=1S/C10H7F4.3C4H9.Sn/c1-7-4-2-3-5-8(7)9(6-11)10(12,13)14;3*1-3-4-2;/h2-5H,1H3;3*1,3-4H2,2H3;. The van der Waals surface area contributed by atoms with Crippen molar-refractivity contribution in [2.24, 2.45) is 0 Å². The molecule has 0 atom stereocenters. The van der Waals surface area contributed by atoms with Gasteiger partial charge in [0.2, 0.25) is 0 Å². The molecule has 0 radical (unpaired) electrons. The van der Waals surface area contributed by atoms with E-state index in [2.05, 4.69) is 0 Å². The number of aryl methyl sites for hydroxylation is 1. The number of allylic oxidation sites excluding steroid dienone is 1. The molecule has 0 unspecified atom stereocenters. The Bertz CT molecular complexity index is 583. The van der Waals surface area contributed by atoms with Crippen molar-refractivity contribution in [2.75, 3.05) is 0 Å². The average Bonchev–Trinajstić information content (AvgIpc) is 2.62. The van der Waals surface area contributed by atoms with Crippen LogP contribution in [0.2, 0.25) is 13.3 Å². The summed E-state index contributed by atoms with van der Waals surface area (Å²) in [6.45, 7) is 7.73. The fraction of sp³-hybridized carbons (Fsp3) is 0.636. The van der Waals surface area contributed by atoms with E-state index in [0.29, 0.717) is 18.9 Å². The quantitative estimate of drug-likeness (QED) is 0.214. The summed E-state index contributed by atoms with van der Waals surface area (Å²) in [6.07, 6.45) is 0.520. The number of alkyl halides is 3. The first-order chi connectivity index (χ1) is 12.7. The van der Waals surface area contributed by atoms with Gasteiger partial charge in [-0.05, 0) is 0 Å². The molecule has 154 valence electrons. The van der Waals surface area contributed by atoms with E-state index >= 15 is 4.39 Å². The summed E-state index contributed by atoms with van der Waals surface area (Å²) >= 11 is -3.78. The maximum atomic E-state index is 16.0. The predicted octanol–water partition coefficient (Wildman–Crippen LogP) is 8.63. The number of benzene rings is 1. The first-order valence-electron chi connectivity index (χ1n) is 10.3. The molecule has 1 aromatic carbocycles. The second-order valence-electron chi connectivity index (χ2n) is 7.59. The monoisotopic (exact) mass is 494 g/mol. The van der Waals surface area contributed by atoms with Crippen LogP contribution in [0.5, 0.6) is 0 Å². The molecule has 0 fully saturated rings. The van der Waals surface area contributed by atoms with Gasteiger partial charge in [0.25, 0.3) is 0 Å². The third-order valence-electron chi connectivity index (χ3n) is 5.41. The van der Waals surface area contributed by atoms with Gasteiger partial charge in [0.1, 0.15) is 0 Å². The van der Waals surface area contributed by atoms with Crippen molar-refractivity contribution < 1.29 is 17.6 Å². The van der Waals surface area contributed by atoms with Gasteiger partial charge >= 0.3 is 166 Å². The molecule has 5 heteroatoms. The van der Waals surface area contributed by atoms with E-state index in [1.165, 1.54) is 6.07 Å². The van der Waals surface area contributed by atoms with Gasteiger partial charge in [-0.3, -0.25) is 0 Å². The molecular weight excluding hydrogens is 459 g/mol. The van der Waals surface area contributed by atoms with Crippen LogP contribution in [0.15, 0.2) is 28.1 Å². The summed E-state index contributed by atoms with van der Waals surface area (Å²) in [5, 5.41) is 0. The van der Waals surface area contributed by atoms with Gasteiger partial charge in [-0.25, -0.2) is 0 Å². The van der Waals surface area contributed by atoms with Crippen LogP contribution in [-0.4, -0.2) is 24.6 Å². The van der Waals surface area contributed by atoms with Crippen LogP contribution in [0, 0.1) is 6.92 Å². The Hall–Kier alpha value is -0.521. The molecule has 0 aliphatic carbocycles. The van der Waals surface area contributed by atoms with Crippen molar-refractivity contribution in [3.05, 3.63) is 39.2 Å². The van der Waals surface area contributed by atoms with Crippen LogP contribution < -0.4 is 0 Å². The first kappa shape index (κ1) is 24.5. The van der Waals surface area contributed by atoms with Crippen molar-refractivity contribution in [2.45, 2.75) is 85.7 Å². The summed E-state index contributed by atoms with van der Waals surface area (Å²) in [4.78, 5) is 0. The molecule has 0 bridgehead atoms. The van der Waals surface area contributed by atoms with Gasteiger partial charge in [-0.2, -0.15) is 0 Å². The fourth-order valence-corrected chi connectivity index (χ4v) is 18.9. The fourth-order valence-electron chi connectivity index (χ4n) is 3.76. The second-order valence-corrected chi connectivity index (χ2v) is 20.4. The number of rotatable bonds is 11. The minimum atomic E-state index is -4.66. The first-order valence-corrected chi connectivity index (χ1v) is 17.7. The van der Waals surface area contributed by atoms with Crippen LogP contribution in [0.4, 0.5) is 17.6 Å². The number of hydrogen-bond donors (Lipinski definition) is 0. The molecule has 0 N–H and O–H groups in total. The molecule has 1 aromatic rings. The van der Waals surface area contributed by atoms with Crippen LogP contribution in [0.1, 0.15) is 70.4 Å². The van der Waals surface area contributed by atoms with Gasteiger partial charge in [0.05, 0.1) is 0 Å². The van der Waals surface area contributed by atoms with Gasteiger partial charge in [0.15, 0.2) is 0 Å². The molecule has 1 rings (SSSR count). The van der Waals surface area contributed by atoms with Crippen molar-refractivity contribution in [1.82, 2.24) is 0 Å². The van der Waals surface area contributed by atoms with Gasteiger partial charge in [-0.15, -0.1) is 0 Å². The Kier molecular flexibility index (Phi) is 10.4. The van der Waals surface area contributed by atoms with E-state index in [-0.39, 0.29) is 5.56 Å². The van der Waals surface area contributed by atoms with Crippen LogP contribution in [-0.2, 0) is 0 Å². The van der Waals surface area contributed by atoms with E-state index in [1.54, 1.807) is 25.1 Å². The van der Waals surface area contributed by atoms with Gasteiger partial charge in [-0.1, -0.05) is 0 Å². The van der Waals surface area contributed by atoms with Crippen LogP contribution in [0.25, 0.3) is 5.57 Å². The van der Waals surface area contributed by atoms with E-state index in [0.717, 1.165) is 38.5 Å². The van der Waals surface area contributed by atoms with Gasteiger partial charge < -0.3 is 0 Å². The summed E-state index contributed by atoms with van der Waals surface area (Å²) in [5.74, 6) is 0. The molecule has 27 heavy (non-hydrogen) atoms. The third-order valence-corrected chi connectivity index (χ3v) is 20.0. The van der Waals surface area contributed by atoms with Gasteiger partial charge in [0, 0.05) is 0 Å². The SMILES string of the molecule is CCC[CH2][Sn]([CH2]CCC)([CH2]CCC)/[C](F)=C(/c1ccccc1C)C(F)(F)F. The Morgan fingerprint density at radius 3 is 1.67 bits per heavy atom. The maximum absolute atomic E-state index is 16.0. The zero-order valence-electron chi connectivity index (χ0n) is 17.2. The second kappa shape index (κ2) is 11.5. The van der Waals surface area contributed by atoms with E-state index < -0.39 is 34.0 Å². The topological polar surface area (TPSA) is 0 Å². The van der Waals surface area contributed by atoms with Crippen LogP contribution >= 0.6 is 0 Å². The number of unbranched alkanes of at least 4 members (excludes halogenated alkanes) is 3. The molecule has 0 aliphatic rings. The molecule has 0 heterocycles. The van der Waals surface area contributed by atoms with E-state index in [9.17, 15) is 13.2 Å². The van der Waals surface area contributed by atoms with Crippen molar-refractivity contribution in [3.8, 4) is 0 Å². The molecule has 0 amide bonds. The zero-order chi connectivity index (χ0) is 20.5. The molecule has 0 spiro atoms. The average molecular weight is 493 g/mol. The minimum absolute atomic E-state index is 0.0214. The Balaban J connectivity index is 3.65. The molecule has 0 aliphatic heterocycles. The Morgan fingerprint density at radius 2 is 1.30 bits per heavy atom. The van der Waals surface area contributed by atoms with Crippen molar-refractivity contribution >= 4 is 24.0 Å². The van der Waals surface area contributed by atoms with E-state index in [1.807, 2.05) is 20.8 Å². The van der Waals surface area contributed by atoms with Crippen LogP contribution in [0.3, 0.4) is 0 Å². The Morgan fingerprint density at radius 1 is 0.852 bits per heavy atom. The third kappa shape index (κ3) is 6.79. The van der Waals surface area contributed by atoms with Crippen molar-refractivity contribution in [3.63, 3.8) is 0 Å². The summed E-state index contributed by atoms with van der Waals surface area (Å²) in [7, 11) is 0. The molecular formula is C22H34F4Sn. The Labute approximate surface area is 166 Å². The molecule has 0 aromatic heterocycles. The molecule has 0 saturated carbocycles. The van der Waals surface area contributed by atoms with E-state index in [4.69, 9.17) is 0 Å². The molecule has 0 saturated heterocycles. The van der Waals surface area contributed by atoms with Crippen molar-refractivity contribution in [1.29, 1.82) is 0 Å². The zero-order valence-corrected chi connectivity index (χ0v) is 20.0. The number of halogens is 4. The number of hydrogen-bond acceptors (Lipinski definition) is 0. The summed E-state index contributed by atoms with van der Waals surface area (Å²) in [6, 6.07) is 6.33. The summed E-state index contributed by atoms with van der Waals surface area (Å²) < 4.78 is 59.5.